The number of hydrogen-bond donors (Lipinski definition) is 2. The van der Waals surface area contributed by atoms with Crippen LogP contribution in [-0.2, 0) is 13.1 Å². The Bertz CT molecular complexity index is 981. The highest BCUT2D eigenvalue weighted by Gasteiger charge is 2.15. The molecule has 0 amide bonds. The normalized spacial score (nSPS) is 10.8. The minimum absolute atomic E-state index is 0.249. The van der Waals surface area contributed by atoms with Gasteiger partial charge in [-0.1, -0.05) is 58.5 Å². The van der Waals surface area contributed by atoms with Crippen molar-refractivity contribution in [1.29, 1.82) is 0 Å². The number of rotatable bonds is 6. The van der Waals surface area contributed by atoms with Crippen molar-refractivity contribution in [1.82, 2.24) is 14.8 Å². The van der Waals surface area contributed by atoms with E-state index < -0.39 is 0 Å². The fraction of sp³-hybridized carbons (Fsp3) is 0.167. The van der Waals surface area contributed by atoms with Crippen LogP contribution in [0, 0.1) is 0 Å². The first-order valence-corrected chi connectivity index (χ1v) is 9.69. The van der Waals surface area contributed by atoms with Gasteiger partial charge in [-0.15, -0.1) is 5.10 Å². The third kappa shape index (κ3) is 4.70. The summed E-state index contributed by atoms with van der Waals surface area (Å²) in [5.74, 6) is 0.208. The number of benzene rings is 2. The first-order chi connectivity index (χ1) is 13.4. The quantitative estimate of drug-likeness (QED) is 0.490. The topological polar surface area (TPSA) is 71.8 Å². The maximum Gasteiger partial charge on any atom is 0.247 e. The Labute approximate surface area is 181 Å². The number of hydrogen-bond acceptors (Lipinski definition) is 5. The van der Waals surface area contributed by atoms with Crippen molar-refractivity contribution in [3.8, 4) is 0 Å². The molecule has 1 heterocycles. The summed E-state index contributed by atoms with van der Waals surface area (Å²) in [6.45, 7) is 1.97. The molecule has 10 heteroatoms. The molecule has 0 saturated heterocycles. The van der Waals surface area contributed by atoms with Gasteiger partial charge in [-0.2, -0.15) is 9.67 Å². The van der Waals surface area contributed by atoms with Crippen LogP contribution in [0.15, 0.2) is 36.4 Å². The van der Waals surface area contributed by atoms with Gasteiger partial charge in [-0.3, -0.25) is 4.79 Å². The molecule has 28 heavy (non-hydrogen) atoms. The van der Waals surface area contributed by atoms with E-state index in [4.69, 9.17) is 46.4 Å². The molecule has 0 fully saturated rings. The number of aromatic nitrogens is 3. The molecule has 0 saturated carbocycles. The van der Waals surface area contributed by atoms with E-state index in [9.17, 15) is 4.79 Å². The Hall–Kier alpha value is -1.99. The lowest BCUT2D eigenvalue weighted by Crippen LogP contribution is -2.14. The highest BCUT2D eigenvalue weighted by atomic mass is 35.5. The SMILES string of the molecule is CC(=O)n1nc(NCc2c(Cl)cccc2Cl)nc1NCc1c(Cl)cccc1Cl. The molecule has 0 atom stereocenters. The Morgan fingerprint density at radius 2 is 1.36 bits per heavy atom. The summed E-state index contributed by atoms with van der Waals surface area (Å²) in [4.78, 5) is 16.2. The minimum Gasteiger partial charge on any atom is -0.350 e. The van der Waals surface area contributed by atoms with E-state index in [0.29, 0.717) is 37.8 Å². The number of carbonyl (C=O) groups is 1. The fourth-order valence-corrected chi connectivity index (χ4v) is 3.52. The molecule has 0 aliphatic carbocycles. The first-order valence-electron chi connectivity index (χ1n) is 8.18. The van der Waals surface area contributed by atoms with Gasteiger partial charge in [0.1, 0.15) is 0 Å². The summed E-state index contributed by atoms with van der Waals surface area (Å²) in [5, 5.41) is 12.3. The smallest absolute Gasteiger partial charge is 0.247 e. The van der Waals surface area contributed by atoms with E-state index in [0.717, 1.165) is 4.68 Å². The van der Waals surface area contributed by atoms with Gasteiger partial charge in [-0.05, 0) is 24.3 Å². The summed E-state index contributed by atoms with van der Waals surface area (Å²) >= 11 is 24.7. The number of carbonyl (C=O) groups excluding carboxylic acids is 1. The third-order valence-electron chi connectivity index (χ3n) is 3.88. The van der Waals surface area contributed by atoms with Crippen LogP contribution in [0.4, 0.5) is 11.9 Å². The van der Waals surface area contributed by atoms with Crippen LogP contribution in [0.2, 0.25) is 20.1 Å². The largest absolute Gasteiger partial charge is 0.350 e. The Kier molecular flexibility index (Phi) is 6.67. The van der Waals surface area contributed by atoms with Gasteiger partial charge >= 0.3 is 0 Å². The summed E-state index contributed by atoms with van der Waals surface area (Å²) in [6.07, 6.45) is 0. The highest BCUT2D eigenvalue weighted by molar-refractivity contribution is 6.36. The summed E-state index contributed by atoms with van der Waals surface area (Å²) < 4.78 is 1.15. The minimum atomic E-state index is -0.302. The highest BCUT2D eigenvalue weighted by Crippen LogP contribution is 2.26. The third-order valence-corrected chi connectivity index (χ3v) is 5.29. The van der Waals surface area contributed by atoms with E-state index in [-0.39, 0.29) is 24.3 Å². The van der Waals surface area contributed by atoms with Crippen LogP contribution in [0.3, 0.4) is 0 Å². The number of nitrogens with one attached hydrogen (secondary N) is 2. The van der Waals surface area contributed by atoms with Crippen molar-refractivity contribution >= 4 is 64.2 Å². The molecule has 0 bridgehead atoms. The molecule has 1 aromatic heterocycles. The Balaban J connectivity index is 1.77. The molecule has 0 radical (unpaired) electrons. The van der Waals surface area contributed by atoms with E-state index in [1.165, 1.54) is 6.92 Å². The molecule has 3 rings (SSSR count). The maximum absolute atomic E-state index is 11.9. The second kappa shape index (κ2) is 9.01. The lowest BCUT2D eigenvalue weighted by molar-refractivity contribution is 0.0924. The Morgan fingerprint density at radius 3 is 1.82 bits per heavy atom. The standard InChI is InChI=1S/C18H15Cl4N5O/c1-10(28)27-18(24-9-12-15(21)6-3-7-16(12)22)25-17(26-27)23-8-11-13(19)4-2-5-14(11)20/h2-7H,8-9H2,1H3,(H2,23,24,25,26). The second-order valence-electron chi connectivity index (χ2n) is 5.80. The molecule has 2 aromatic carbocycles. The lowest BCUT2D eigenvalue weighted by atomic mass is 10.2. The molecule has 0 spiro atoms. The molecule has 0 aliphatic heterocycles. The van der Waals surface area contributed by atoms with Gasteiger partial charge in [-0.25, -0.2) is 0 Å². The number of nitrogens with zero attached hydrogens (tertiary/aromatic N) is 3. The van der Waals surface area contributed by atoms with Crippen molar-refractivity contribution in [3.05, 3.63) is 67.6 Å². The van der Waals surface area contributed by atoms with Crippen LogP contribution < -0.4 is 10.6 Å². The second-order valence-corrected chi connectivity index (χ2v) is 7.43. The van der Waals surface area contributed by atoms with Crippen LogP contribution in [0.25, 0.3) is 0 Å². The van der Waals surface area contributed by atoms with E-state index in [2.05, 4.69) is 20.7 Å². The number of halogens is 4. The molecule has 6 nitrogen and oxygen atoms in total. The molecular weight excluding hydrogens is 444 g/mol. The molecule has 0 unspecified atom stereocenters. The predicted molar refractivity (Wildman–Crippen MR) is 114 cm³/mol. The molecule has 2 N–H and O–H groups in total. The van der Waals surface area contributed by atoms with Crippen molar-refractivity contribution in [2.75, 3.05) is 10.6 Å². The molecular formula is C18H15Cl4N5O. The van der Waals surface area contributed by atoms with E-state index in [1.807, 2.05) is 0 Å². The average Bonchev–Trinajstić information content (AvgIpc) is 3.04. The first kappa shape index (κ1) is 20.7. The van der Waals surface area contributed by atoms with E-state index in [1.54, 1.807) is 36.4 Å². The monoisotopic (exact) mass is 457 g/mol. The van der Waals surface area contributed by atoms with Gasteiger partial charge in [0.25, 0.3) is 0 Å². The summed E-state index contributed by atoms with van der Waals surface area (Å²) in [5.41, 5.74) is 1.41. The van der Waals surface area contributed by atoms with Crippen molar-refractivity contribution in [3.63, 3.8) is 0 Å². The van der Waals surface area contributed by atoms with Crippen LogP contribution >= 0.6 is 46.4 Å². The van der Waals surface area contributed by atoms with Crippen LogP contribution in [0.1, 0.15) is 22.8 Å². The molecule has 146 valence electrons. The van der Waals surface area contributed by atoms with Crippen LogP contribution in [-0.4, -0.2) is 20.7 Å². The number of anilines is 2. The Morgan fingerprint density at radius 1 is 0.893 bits per heavy atom. The zero-order chi connectivity index (χ0) is 20.3. The van der Waals surface area contributed by atoms with Gasteiger partial charge < -0.3 is 10.6 Å². The van der Waals surface area contributed by atoms with Crippen molar-refractivity contribution in [2.45, 2.75) is 20.0 Å². The van der Waals surface area contributed by atoms with Gasteiger partial charge in [0.15, 0.2) is 0 Å². The zero-order valence-corrected chi connectivity index (χ0v) is 17.7. The van der Waals surface area contributed by atoms with Gasteiger partial charge in [0.05, 0.1) is 0 Å². The molecule has 0 aliphatic rings. The zero-order valence-electron chi connectivity index (χ0n) is 14.6. The van der Waals surface area contributed by atoms with Crippen LogP contribution in [0.5, 0.6) is 0 Å². The van der Waals surface area contributed by atoms with Gasteiger partial charge in [0, 0.05) is 51.2 Å². The van der Waals surface area contributed by atoms with Gasteiger partial charge in [0.2, 0.25) is 17.8 Å². The molecule has 3 aromatic rings. The van der Waals surface area contributed by atoms with Crippen molar-refractivity contribution < 1.29 is 4.79 Å². The van der Waals surface area contributed by atoms with Crippen molar-refractivity contribution in [2.24, 2.45) is 0 Å². The average molecular weight is 459 g/mol. The lowest BCUT2D eigenvalue weighted by Gasteiger charge is -2.08. The summed E-state index contributed by atoms with van der Waals surface area (Å²) in [6, 6.07) is 10.5. The fourth-order valence-electron chi connectivity index (χ4n) is 2.46. The maximum atomic E-state index is 11.9. The summed E-state index contributed by atoms with van der Waals surface area (Å²) in [7, 11) is 0. The van der Waals surface area contributed by atoms with E-state index >= 15 is 0 Å². The predicted octanol–water partition coefficient (Wildman–Crippen LogP) is 5.78.